The van der Waals surface area contributed by atoms with Crippen LogP contribution in [-0.2, 0) is 11.3 Å². The average molecular weight is 412 g/mol. The first-order valence-corrected chi connectivity index (χ1v) is 9.21. The van der Waals surface area contributed by atoms with Gasteiger partial charge in [0.25, 0.3) is 11.6 Å². The van der Waals surface area contributed by atoms with E-state index in [0.29, 0.717) is 17.8 Å². The van der Waals surface area contributed by atoms with Crippen LogP contribution in [0.25, 0.3) is 11.1 Å². The predicted molar refractivity (Wildman–Crippen MR) is 109 cm³/mol. The van der Waals surface area contributed by atoms with E-state index >= 15 is 0 Å². The molecule has 0 aliphatic heterocycles. The topological polar surface area (TPSA) is 136 Å². The maximum Gasteiger partial charge on any atom is 0.420 e. The van der Waals surface area contributed by atoms with Crippen LogP contribution >= 0.6 is 0 Å². The highest BCUT2D eigenvalue weighted by atomic mass is 16.6. The summed E-state index contributed by atoms with van der Waals surface area (Å²) in [7, 11) is 0. The van der Waals surface area contributed by atoms with Crippen LogP contribution in [0.2, 0.25) is 0 Å². The van der Waals surface area contributed by atoms with Gasteiger partial charge in [-0.1, -0.05) is 26.0 Å². The molecule has 3 aromatic rings. The van der Waals surface area contributed by atoms with Crippen molar-refractivity contribution in [3.8, 4) is 0 Å². The number of non-ortho nitro benzene ring substituents is 1. The Bertz CT molecular complexity index is 1180. The summed E-state index contributed by atoms with van der Waals surface area (Å²) in [6, 6.07) is 10.2. The molecule has 30 heavy (non-hydrogen) atoms. The van der Waals surface area contributed by atoms with Gasteiger partial charge in [-0.05, 0) is 24.1 Å². The summed E-state index contributed by atoms with van der Waals surface area (Å²) in [6.07, 6.45) is 0. The number of hydrogen-bond donors (Lipinski definition) is 2. The quantitative estimate of drug-likeness (QED) is 0.452. The zero-order valence-corrected chi connectivity index (χ0v) is 16.4. The molecule has 0 atom stereocenters. The number of anilines is 1. The SMILES string of the molecule is CC(C)CNC(=O)c1ccccc1NC(=O)Cn1c(=O)oc2cc([N+](=O)[O-])ccc21. The number of hydrogen-bond acceptors (Lipinski definition) is 6. The summed E-state index contributed by atoms with van der Waals surface area (Å²) in [5, 5.41) is 16.3. The van der Waals surface area contributed by atoms with E-state index in [2.05, 4.69) is 10.6 Å². The lowest BCUT2D eigenvalue weighted by atomic mass is 10.1. The summed E-state index contributed by atoms with van der Waals surface area (Å²) in [5.41, 5.74) is 0.639. The van der Waals surface area contributed by atoms with Gasteiger partial charge < -0.3 is 15.1 Å². The number of nitrogens with zero attached hydrogens (tertiary/aromatic N) is 2. The van der Waals surface area contributed by atoms with Crippen LogP contribution in [-0.4, -0.2) is 27.8 Å². The van der Waals surface area contributed by atoms with Crippen molar-refractivity contribution < 1.29 is 18.9 Å². The number of benzene rings is 2. The second kappa shape index (κ2) is 8.60. The fourth-order valence-electron chi connectivity index (χ4n) is 2.83. The summed E-state index contributed by atoms with van der Waals surface area (Å²) in [4.78, 5) is 47.3. The molecule has 156 valence electrons. The Labute approximate surface area is 170 Å². The van der Waals surface area contributed by atoms with E-state index in [0.717, 1.165) is 10.6 Å². The van der Waals surface area contributed by atoms with Gasteiger partial charge in [0.15, 0.2) is 5.58 Å². The number of carbonyl (C=O) groups is 2. The van der Waals surface area contributed by atoms with Crippen LogP contribution in [0, 0.1) is 16.0 Å². The van der Waals surface area contributed by atoms with Crippen molar-refractivity contribution in [1.29, 1.82) is 0 Å². The van der Waals surface area contributed by atoms with Crippen molar-refractivity contribution in [1.82, 2.24) is 9.88 Å². The average Bonchev–Trinajstić information content (AvgIpc) is 3.00. The minimum absolute atomic E-state index is 0.00969. The molecule has 1 heterocycles. The third-order valence-corrected chi connectivity index (χ3v) is 4.28. The Kier molecular flexibility index (Phi) is 5.95. The van der Waals surface area contributed by atoms with Crippen molar-refractivity contribution in [2.75, 3.05) is 11.9 Å². The number of aromatic nitrogens is 1. The zero-order chi connectivity index (χ0) is 21.8. The molecule has 3 rings (SSSR count). The van der Waals surface area contributed by atoms with Crippen molar-refractivity contribution in [2.45, 2.75) is 20.4 Å². The van der Waals surface area contributed by atoms with Gasteiger partial charge in [-0.2, -0.15) is 0 Å². The number of nitro groups is 1. The molecule has 0 radical (unpaired) electrons. The minimum Gasteiger partial charge on any atom is -0.407 e. The molecule has 1 aromatic heterocycles. The largest absolute Gasteiger partial charge is 0.420 e. The maximum atomic E-state index is 12.5. The molecule has 0 aliphatic carbocycles. The lowest BCUT2D eigenvalue weighted by Gasteiger charge is -2.12. The first-order valence-electron chi connectivity index (χ1n) is 9.21. The first kappa shape index (κ1) is 20.8. The number of rotatable bonds is 7. The number of fused-ring (bicyclic) bond motifs is 1. The molecule has 0 unspecified atom stereocenters. The minimum atomic E-state index is -0.816. The highest BCUT2D eigenvalue weighted by Gasteiger charge is 2.18. The van der Waals surface area contributed by atoms with E-state index in [1.54, 1.807) is 24.3 Å². The molecule has 10 heteroatoms. The summed E-state index contributed by atoms with van der Waals surface area (Å²) in [5.74, 6) is -1.42. The van der Waals surface area contributed by atoms with E-state index in [-0.39, 0.29) is 35.2 Å². The third-order valence-electron chi connectivity index (χ3n) is 4.28. The monoisotopic (exact) mass is 412 g/mol. The number of para-hydroxylation sites is 1. The molecule has 2 amide bonds. The molecule has 0 fully saturated rings. The van der Waals surface area contributed by atoms with Gasteiger partial charge in [0.2, 0.25) is 5.91 Å². The zero-order valence-electron chi connectivity index (χ0n) is 16.4. The Morgan fingerprint density at radius 3 is 2.63 bits per heavy atom. The Morgan fingerprint density at radius 2 is 1.93 bits per heavy atom. The second-order valence-electron chi connectivity index (χ2n) is 7.06. The van der Waals surface area contributed by atoms with Crippen molar-refractivity contribution in [2.24, 2.45) is 5.92 Å². The molecule has 0 aliphatic rings. The van der Waals surface area contributed by atoms with E-state index < -0.39 is 16.6 Å². The molecule has 0 saturated carbocycles. The van der Waals surface area contributed by atoms with Crippen LogP contribution in [0.4, 0.5) is 11.4 Å². The molecular formula is C20H20N4O6. The van der Waals surface area contributed by atoms with E-state index in [4.69, 9.17) is 4.42 Å². The van der Waals surface area contributed by atoms with Gasteiger partial charge in [0, 0.05) is 12.6 Å². The van der Waals surface area contributed by atoms with Gasteiger partial charge >= 0.3 is 5.76 Å². The van der Waals surface area contributed by atoms with Crippen LogP contribution in [0.1, 0.15) is 24.2 Å². The highest BCUT2D eigenvalue weighted by Crippen LogP contribution is 2.20. The molecule has 0 bridgehead atoms. The first-order chi connectivity index (χ1) is 14.3. The summed E-state index contributed by atoms with van der Waals surface area (Å²) in [6.45, 7) is 4.04. The highest BCUT2D eigenvalue weighted by molar-refractivity contribution is 6.03. The maximum absolute atomic E-state index is 12.5. The number of nitrogens with one attached hydrogen (secondary N) is 2. The predicted octanol–water partition coefficient (Wildman–Crippen LogP) is 2.53. The molecular weight excluding hydrogens is 392 g/mol. The van der Waals surface area contributed by atoms with Gasteiger partial charge in [0.05, 0.1) is 27.8 Å². The summed E-state index contributed by atoms with van der Waals surface area (Å²) < 4.78 is 6.08. The number of carbonyl (C=O) groups excluding carboxylic acids is 2. The van der Waals surface area contributed by atoms with E-state index in [9.17, 15) is 24.5 Å². The standard InChI is InChI=1S/C20H20N4O6/c1-12(2)10-21-19(26)14-5-3-4-6-15(14)22-18(25)11-23-16-8-7-13(24(28)29)9-17(16)30-20(23)27/h3-9,12H,10-11H2,1-2H3,(H,21,26)(H,22,25). The Balaban J connectivity index is 1.80. The molecule has 0 saturated heterocycles. The Hall–Kier alpha value is -3.95. The van der Waals surface area contributed by atoms with Crippen LogP contribution in [0.5, 0.6) is 0 Å². The second-order valence-corrected chi connectivity index (χ2v) is 7.06. The van der Waals surface area contributed by atoms with Crippen LogP contribution in [0.15, 0.2) is 51.7 Å². The van der Waals surface area contributed by atoms with Gasteiger partial charge in [-0.25, -0.2) is 4.79 Å². The van der Waals surface area contributed by atoms with Crippen molar-refractivity contribution >= 4 is 34.3 Å². The lowest BCUT2D eigenvalue weighted by Crippen LogP contribution is -2.29. The lowest BCUT2D eigenvalue weighted by molar-refractivity contribution is -0.384. The number of amides is 2. The smallest absolute Gasteiger partial charge is 0.407 e. The molecule has 2 aromatic carbocycles. The fourth-order valence-corrected chi connectivity index (χ4v) is 2.83. The van der Waals surface area contributed by atoms with Crippen molar-refractivity contribution in [3.63, 3.8) is 0 Å². The molecule has 2 N–H and O–H groups in total. The van der Waals surface area contributed by atoms with E-state index in [1.807, 2.05) is 13.8 Å². The van der Waals surface area contributed by atoms with Crippen LogP contribution in [0.3, 0.4) is 0 Å². The van der Waals surface area contributed by atoms with Gasteiger partial charge in [0.1, 0.15) is 6.54 Å². The van der Waals surface area contributed by atoms with Gasteiger partial charge in [-0.3, -0.25) is 24.3 Å². The number of nitro benzene ring substituents is 1. The Morgan fingerprint density at radius 1 is 1.20 bits per heavy atom. The normalized spacial score (nSPS) is 10.9. The van der Waals surface area contributed by atoms with Crippen LogP contribution < -0.4 is 16.4 Å². The summed E-state index contributed by atoms with van der Waals surface area (Å²) >= 11 is 0. The third kappa shape index (κ3) is 4.54. The fraction of sp³-hybridized carbons (Fsp3) is 0.250. The van der Waals surface area contributed by atoms with E-state index in [1.165, 1.54) is 12.1 Å². The van der Waals surface area contributed by atoms with Gasteiger partial charge in [-0.15, -0.1) is 0 Å². The number of oxazole rings is 1. The van der Waals surface area contributed by atoms with Crippen molar-refractivity contribution in [3.05, 3.63) is 68.7 Å². The molecule has 10 nitrogen and oxygen atoms in total. The molecule has 0 spiro atoms.